The molecule has 0 aliphatic heterocycles. The second kappa shape index (κ2) is 9.57. The summed E-state index contributed by atoms with van der Waals surface area (Å²) in [6.07, 6.45) is 1.35. The van der Waals surface area contributed by atoms with Crippen molar-refractivity contribution in [3.05, 3.63) is 65.7 Å². The van der Waals surface area contributed by atoms with Gasteiger partial charge in [-0.1, -0.05) is 87.5 Å². The number of carbonyl (C=O) groups excluding carboxylic acids is 1. The van der Waals surface area contributed by atoms with Crippen LogP contribution in [0.4, 0.5) is 0 Å². The van der Waals surface area contributed by atoms with Crippen molar-refractivity contribution in [3.8, 4) is 0 Å². The van der Waals surface area contributed by atoms with Gasteiger partial charge in [-0.15, -0.1) is 0 Å². The summed E-state index contributed by atoms with van der Waals surface area (Å²) in [6.45, 7) is 9.93. The zero-order chi connectivity index (χ0) is 18.2. The predicted molar refractivity (Wildman–Crippen MR) is 109 cm³/mol. The third-order valence-corrected chi connectivity index (χ3v) is 7.94. The Morgan fingerprint density at radius 3 is 2.20 bits per heavy atom. The van der Waals surface area contributed by atoms with E-state index < -0.39 is 8.80 Å². The van der Waals surface area contributed by atoms with Gasteiger partial charge in [0.05, 0.1) is 8.80 Å². The van der Waals surface area contributed by atoms with E-state index in [0.717, 1.165) is 23.1 Å². The molecule has 0 heterocycles. The van der Waals surface area contributed by atoms with Gasteiger partial charge in [0.1, 0.15) is 0 Å². The van der Waals surface area contributed by atoms with Crippen LogP contribution in [0, 0.1) is 0 Å². The van der Waals surface area contributed by atoms with Crippen molar-refractivity contribution < 1.29 is 4.79 Å². The van der Waals surface area contributed by atoms with Crippen molar-refractivity contribution in [1.29, 1.82) is 0 Å². The number of amides is 1. The third-order valence-electron chi connectivity index (χ3n) is 4.48. The summed E-state index contributed by atoms with van der Waals surface area (Å²) in [5.41, 5.74) is 3.85. The molecule has 0 atom stereocenters. The Labute approximate surface area is 154 Å². The Balaban J connectivity index is 1.90. The average molecular weight is 353 g/mol. The van der Waals surface area contributed by atoms with E-state index in [9.17, 15) is 4.79 Å². The molecule has 0 saturated carbocycles. The molecule has 0 spiro atoms. The molecule has 2 rings (SSSR count). The minimum Gasteiger partial charge on any atom is -0.352 e. The zero-order valence-corrected chi connectivity index (χ0v) is 16.9. The van der Waals surface area contributed by atoms with E-state index in [-0.39, 0.29) is 5.91 Å². The van der Waals surface area contributed by atoms with Gasteiger partial charge in [-0.25, -0.2) is 0 Å². The molecular formula is C22H30NOSi. The van der Waals surface area contributed by atoms with Crippen LogP contribution < -0.4 is 10.5 Å². The SMILES string of the molecule is CC(C)[Si](c1cccc(CCC(=O)NCc2ccccc2)c1)C(C)C. The Morgan fingerprint density at radius 1 is 0.920 bits per heavy atom. The molecule has 1 amide bonds. The summed E-state index contributed by atoms with van der Waals surface area (Å²) >= 11 is 0. The van der Waals surface area contributed by atoms with Crippen molar-refractivity contribution in [3.63, 3.8) is 0 Å². The molecule has 3 heteroatoms. The molecule has 2 nitrogen and oxygen atoms in total. The summed E-state index contributed by atoms with van der Waals surface area (Å²) in [5.74, 6) is 0.118. The lowest BCUT2D eigenvalue weighted by Crippen LogP contribution is -2.36. The van der Waals surface area contributed by atoms with Crippen LogP contribution in [0.5, 0.6) is 0 Å². The monoisotopic (exact) mass is 352 g/mol. The molecule has 133 valence electrons. The quantitative estimate of drug-likeness (QED) is 0.698. The number of hydrogen-bond acceptors (Lipinski definition) is 1. The van der Waals surface area contributed by atoms with Crippen molar-refractivity contribution in [1.82, 2.24) is 5.32 Å². The standard InChI is InChI=1S/C22H30NOSi/c1-17(2)25(18(3)4)21-12-8-11-19(15-21)13-14-22(24)23-16-20-9-6-5-7-10-20/h5-12,15,17-18H,13-14,16H2,1-4H3,(H,23,24). The van der Waals surface area contributed by atoms with Crippen LogP contribution in [0.2, 0.25) is 11.1 Å². The normalized spacial score (nSPS) is 11.3. The number of carbonyl (C=O) groups is 1. The van der Waals surface area contributed by atoms with Gasteiger partial charge >= 0.3 is 0 Å². The smallest absolute Gasteiger partial charge is 0.220 e. The molecule has 0 unspecified atom stereocenters. The Bertz CT molecular complexity index is 659. The van der Waals surface area contributed by atoms with Crippen LogP contribution in [0.15, 0.2) is 54.6 Å². The van der Waals surface area contributed by atoms with Gasteiger partial charge in [0.2, 0.25) is 5.91 Å². The fourth-order valence-corrected chi connectivity index (χ4v) is 6.69. The first-order valence-electron chi connectivity index (χ1n) is 9.24. The van der Waals surface area contributed by atoms with Gasteiger partial charge < -0.3 is 5.32 Å². The van der Waals surface area contributed by atoms with Gasteiger partial charge in [-0.2, -0.15) is 0 Å². The first-order valence-corrected chi connectivity index (χ1v) is 10.9. The fourth-order valence-electron chi connectivity index (χ4n) is 3.38. The van der Waals surface area contributed by atoms with Crippen LogP contribution in [-0.4, -0.2) is 14.7 Å². The van der Waals surface area contributed by atoms with Crippen molar-refractivity contribution >= 4 is 19.9 Å². The highest BCUT2D eigenvalue weighted by molar-refractivity contribution is 6.75. The maximum atomic E-state index is 12.1. The number of nitrogens with one attached hydrogen (secondary N) is 1. The Hall–Kier alpha value is -1.87. The summed E-state index contributed by atoms with van der Waals surface area (Å²) in [5, 5.41) is 4.51. The highest BCUT2D eigenvalue weighted by Crippen LogP contribution is 2.20. The lowest BCUT2D eigenvalue weighted by atomic mass is 10.1. The molecule has 0 aromatic heterocycles. The first kappa shape index (κ1) is 19.5. The lowest BCUT2D eigenvalue weighted by molar-refractivity contribution is -0.121. The highest BCUT2D eigenvalue weighted by atomic mass is 28.3. The van der Waals surface area contributed by atoms with Gasteiger partial charge in [0, 0.05) is 13.0 Å². The molecule has 1 N–H and O–H groups in total. The van der Waals surface area contributed by atoms with Gasteiger partial charge in [-0.3, -0.25) is 4.79 Å². The van der Waals surface area contributed by atoms with Crippen LogP contribution in [-0.2, 0) is 17.8 Å². The molecule has 2 aromatic rings. The molecule has 2 aromatic carbocycles. The lowest BCUT2D eigenvalue weighted by Gasteiger charge is -2.23. The van der Waals surface area contributed by atoms with E-state index in [2.05, 4.69) is 57.3 Å². The fraction of sp³-hybridized carbons (Fsp3) is 0.409. The molecule has 0 saturated heterocycles. The van der Waals surface area contributed by atoms with E-state index in [4.69, 9.17) is 0 Å². The molecule has 1 radical (unpaired) electrons. The van der Waals surface area contributed by atoms with E-state index in [1.165, 1.54) is 10.8 Å². The summed E-state index contributed by atoms with van der Waals surface area (Å²) < 4.78 is 0. The van der Waals surface area contributed by atoms with Crippen LogP contribution in [0.25, 0.3) is 0 Å². The molecule has 25 heavy (non-hydrogen) atoms. The predicted octanol–water partition coefficient (Wildman–Crippen LogP) is 4.46. The van der Waals surface area contributed by atoms with Crippen molar-refractivity contribution in [2.75, 3.05) is 0 Å². The van der Waals surface area contributed by atoms with Gasteiger partial charge in [0.15, 0.2) is 0 Å². The summed E-state index contributed by atoms with van der Waals surface area (Å²) in [4.78, 5) is 12.1. The molecular weight excluding hydrogens is 322 g/mol. The Kier molecular flexibility index (Phi) is 7.45. The number of hydrogen-bond donors (Lipinski definition) is 1. The topological polar surface area (TPSA) is 29.1 Å². The first-order chi connectivity index (χ1) is 12.0. The van der Waals surface area contributed by atoms with E-state index in [1.54, 1.807) is 0 Å². The second-order valence-corrected chi connectivity index (χ2v) is 11.0. The van der Waals surface area contributed by atoms with Crippen LogP contribution in [0.1, 0.15) is 45.2 Å². The average Bonchev–Trinajstić information content (AvgIpc) is 2.59. The second-order valence-electron chi connectivity index (χ2n) is 7.23. The molecule has 0 aliphatic rings. The van der Waals surface area contributed by atoms with E-state index in [0.29, 0.717) is 13.0 Å². The summed E-state index contributed by atoms with van der Waals surface area (Å²) in [6, 6.07) is 19.0. The van der Waals surface area contributed by atoms with Gasteiger partial charge in [-0.05, 0) is 28.6 Å². The zero-order valence-electron chi connectivity index (χ0n) is 15.9. The molecule has 0 fully saturated rings. The maximum absolute atomic E-state index is 12.1. The summed E-state index contributed by atoms with van der Waals surface area (Å²) in [7, 11) is -0.562. The minimum atomic E-state index is -0.562. The maximum Gasteiger partial charge on any atom is 0.220 e. The number of aryl methyl sites for hydroxylation is 1. The molecule has 0 aliphatic carbocycles. The third kappa shape index (κ3) is 6.17. The van der Waals surface area contributed by atoms with Crippen LogP contribution >= 0.6 is 0 Å². The Morgan fingerprint density at radius 2 is 1.56 bits per heavy atom. The number of benzene rings is 2. The van der Waals surface area contributed by atoms with Crippen molar-refractivity contribution in [2.24, 2.45) is 0 Å². The van der Waals surface area contributed by atoms with Crippen molar-refractivity contribution in [2.45, 2.75) is 58.2 Å². The number of rotatable bonds is 8. The van der Waals surface area contributed by atoms with E-state index >= 15 is 0 Å². The molecule has 0 bridgehead atoms. The van der Waals surface area contributed by atoms with Gasteiger partial charge in [0.25, 0.3) is 0 Å². The largest absolute Gasteiger partial charge is 0.352 e. The van der Waals surface area contributed by atoms with Crippen LogP contribution in [0.3, 0.4) is 0 Å². The minimum absolute atomic E-state index is 0.118. The van der Waals surface area contributed by atoms with E-state index in [1.807, 2.05) is 30.3 Å². The highest BCUT2D eigenvalue weighted by Gasteiger charge is 2.22.